The van der Waals surface area contributed by atoms with Crippen LogP contribution in [-0.4, -0.2) is 35.5 Å². The fraction of sp³-hybridized carbons (Fsp3) is 0.588. The summed E-state index contributed by atoms with van der Waals surface area (Å²) in [5.41, 5.74) is 0.968. The maximum absolute atomic E-state index is 12.0. The smallest absolute Gasteiger partial charge is 0.326 e. The molecule has 0 aliphatic heterocycles. The largest absolute Gasteiger partial charge is 0.480 e. The molecule has 24 heavy (non-hydrogen) atoms. The van der Waals surface area contributed by atoms with Crippen LogP contribution >= 0.6 is 0 Å². The second kappa shape index (κ2) is 9.10. The summed E-state index contributed by atoms with van der Waals surface area (Å²) in [6, 6.07) is 0.710. The predicted molar refractivity (Wildman–Crippen MR) is 88.8 cm³/mol. The highest BCUT2D eigenvalue weighted by Crippen LogP contribution is 2.16. The Hall–Kier alpha value is -2.31. The summed E-state index contributed by atoms with van der Waals surface area (Å²) in [6.45, 7) is 7.35. The van der Waals surface area contributed by atoms with Crippen molar-refractivity contribution in [3.63, 3.8) is 0 Å². The molecule has 0 bridgehead atoms. The zero-order valence-electron chi connectivity index (χ0n) is 14.6. The van der Waals surface area contributed by atoms with Crippen LogP contribution in [0.25, 0.3) is 0 Å². The van der Waals surface area contributed by atoms with Crippen molar-refractivity contribution < 1.29 is 23.9 Å². The third-order valence-corrected chi connectivity index (χ3v) is 3.57. The summed E-state index contributed by atoms with van der Waals surface area (Å²) in [5, 5.41) is 14.0. The fourth-order valence-corrected chi connectivity index (χ4v) is 2.36. The Bertz CT molecular complexity index is 570. The first kappa shape index (κ1) is 19.7. The van der Waals surface area contributed by atoms with Gasteiger partial charge in [0.15, 0.2) is 5.76 Å². The Kier molecular flexibility index (Phi) is 7.48. The Balaban J connectivity index is 2.58. The van der Waals surface area contributed by atoms with E-state index in [-0.39, 0.29) is 18.2 Å². The van der Waals surface area contributed by atoms with Gasteiger partial charge in [0.2, 0.25) is 5.91 Å². The number of aryl methyl sites for hydroxylation is 2. The number of nitrogens with one attached hydrogen (secondary N) is 2. The number of rotatable bonds is 9. The summed E-state index contributed by atoms with van der Waals surface area (Å²) in [4.78, 5) is 35.0. The highest BCUT2D eigenvalue weighted by Gasteiger charge is 2.22. The van der Waals surface area contributed by atoms with Crippen LogP contribution in [0.15, 0.2) is 10.5 Å². The first-order chi connectivity index (χ1) is 11.3. The lowest BCUT2D eigenvalue weighted by Gasteiger charge is -2.16. The monoisotopic (exact) mass is 338 g/mol. The van der Waals surface area contributed by atoms with Crippen LogP contribution in [0.1, 0.15) is 56.0 Å². The molecule has 1 rings (SSSR count). The molecule has 0 spiro atoms. The number of furan rings is 1. The maximum atomic E-state index is 12.0. The van der Waals surface area contributed by atoms with E-state index >= 15 is 0 Å². The average molecular weight is 338 g/mol. The first-order valence-corrected chi connectivity index (χ1v) is 8.20. The molecule has 0 aliphatic rings. The minimum Gasteiger partial charge on any atom is -0.480 e. The van der Waals surface area contributed by atoms with E-state index in [9.17, 15) is 14.4 Å². The van der Waals surface area contributed by atoms with Crippen molar-refractivity contribution >= 4 is 17.8 Å². The molecular formula is C17H26N2O5. The van der Waals surface area contributed by atoms with Crippen molar-refractivity contribution in [2.24, 2.45) is 5.92 Å². The van der Waals surface area contributed by atoms with Gasteiger partial charge in [-0.15, -0.1) is 0 Å². The van der Waals surface area contributed by atoms with Crippen molar-refractivity contribution in [1.29, 1.82) is 0 Å². The number of hydrogen-bond donors (Lipinski definition) is 3. The van der Waals surface area contributed by atoms with Crippen LogP contribution < -0.4 is 10.6 Å². The quantitative estimate of drug-likeness (QED) is 0.635. The molecule has 134 valence electrons. The minimum absolute atomic E-state index is 0.129. The highest BCUT2D eigenvalue weighted by atomic mass is 16.4. The minimum atomic E-state index is -1.09. The van der Waals surface area contributed by atoms with Gasteiger partial charge in [0, 0.05) is 6.42 Å². The van der Waals surface area contributed by atoms with Gasteiger partial charge in [0.25, 0.3) is 5.91 Å². The molecule has 0 aromatic carbocycles. The average Bonchev–Trinajstić information content (AvgIpc) is 2.94. The molecule has 1 aromatic rings. The summed E-state index contributed by atoms with van der Waals surface area (Å²) in [6.07, 6.45) is 1.77. The standard InChI is InChI=1S/C17H26N2O5/c1-5-11-8-14(24-13(11)6-2)16(21)18-9-15(20)19-12(17(22)23)7-10(3)4/h8,10,12H,5-7,9H2,1-4H3,(H,18,21)(H,19,20)(H,22,23)/t12-/m0/s1. The first-order valence-electron chi connectivity index (χ1n) is 8.20. The van der Waals surface area contributed by atoms with Crippen LogP contribution in [0.5, 0.6) is 0 Å². The number of carbonyl (C=O) groups excluding carboxylic acids is 2. The number of amides is 2. The summed E-state index contributed by atoms with van der Waals surface area (Å²) < 4.78 is 5.48. The Morgan fingerprint density at radius 1 is 1.21 bits per heavy atom. The lowest BCUT2D eigenvalue weighted by atomic mass is 10.0. The van der Waals surface area contributed by atoms with Gasteiger partial charge in [-0.05, 0) is 30.4 Å². The van der Waals surface area contributed by atoms with Crippen LogP contribution in [0, 0.1) is 5.92 Å². The lowest BCUT2D eigenvalue weighted by Crippen LogP contribution is -2.46. The van der Waals surface area contributed by atoms with E-state index in [1.54, 1.807) is 6.07 Å². The van der Waals surface area contributed by atoms with Crippen molar-refractivity contribution in [3.8, 4) is 0 Å². The van der Waals surface area contributed by atoms with E-state index in [1.807, 2.05) is 27.7 Å². The molecule has 0 fully saturated rings. The molecule has 0 unspecified atom stereocenters. The van der Waals surface area contributed by atoms with E-state index in [4.69, 9.17) is 9.52 Å². The number of aliphatic carboxylic acids is 1. The molecule has 0 aliphatic carbocycles. The predicted octanol–water partition coefficient (Wildman–Crippen LogP) is 1.75. The third kappa shape index (κ3) is 5.72. The van der Waals surface area contributed by atoms with Gasteiger partial charge in [0.05, 0.1) is 6.54 Å². The highest BCUT2D eigenvalue weighted by molar-refractivity contribution is 5.95. The van der Waals surface area contributed by atoms with Crippen molar-refractivity contribution in [3.05, 3.63) is 23.2 Å². The van der Waals surface area contributed by atoms with Gasteiger partial charge in [-0.25, -0.2) is 4.79 Å². The van der Waals surface area contributed by atoms with E-state index < -0.39 is 23.8 Å². The van der Waals surface area contributed by atoms with Crippen molar-refractivity contribution in [2.75, 3.05) is 6.54 Å². The molecule has 3 N–H and O–H groups in total. The van der Waals surface area contributed by atoms with Gasteiger partial charge in [-0.3, -0.25) is 9.59 Å². The van der Waals surface area contributed by atoms with Gasteiger partial charge < -0.3 is 20.2 Å². The molecule has 7 nitrogen and oxygen atoms in total. The lowest BCUT2D eigenvalue weighted by molar-refractivity contribution is -0.142. The number of carboxylic acid groups (broad SMARTS) is 1. The van der Waals surface area contributed by atoms with Crippen molar-refractivity contribution in [1.82, 2.24) is 10.6 Å². The van der Waals surface area contributed by atoms with E-state index in [1.165, 1.54) is 0 Å². The number of carboxylic acids is 1. The molecule has 1 heterocycles. The van der Waals surface area contributed by atoms with Crippen LogP contribution in [0.3, 0.4) is 0 Å². The van der Waals surface area contributed by atoms with Gasteiger partial charge >= 0.3 is 5.97 Å². The summed E-state index contributed by atoms with van der Waals surface area (Å²) in [7, 11) is 0. The fourth-order valence-electron chi connectivity index (χ4n) is 2.36. The molecule has 2 amide bonds. The molecule has 1 aromatic heterocycles. The topological polar surface area (TPSA) is 109 Å². The zero-order chi connectivity index (χ0) is 18.3. The SMILES string of the molecule is CCc1cc(C(=O)NCC(=O)N[C@@H](CC(C)C)C(=O)O)oc1CC. The van der Waals surface area contributed by atoms with E-state index in [0.29, 0.717) is 12.8 Å². The molecule has 0 saturated carbocycles. The zero-order valence-corrected chi connectivity index (χ0v) is 14.6. The number of carbonyl (C=O) groups is 3. The van der Waals surface area contributed by atoms with Crippen molar-refractivity contribution in [2.45, 2.75) is 53.0 Å². The van der Waals surface area contributed by atoms with Crippen LogP contribution in [0.4, 0.5) is 0 Å². The maximum Gasteiger partial charge on any atom is 0.326 e. The van der Waals surface area contributed by atoms with Gasteiger partial charge in [-0.1, -0.05) is 27.7 Å². The molecule has 0 saturated heterocycles. The summed E-state index contributed by atoms with van der Waals surface area (Å²) >= 11 is 0. The Morgan fingerprint density at radius 2 is 1.88 bits per heavy atom. The second-order valence-electron chi connectivity index (χ2n) is 6.04. The Labute approximate surface area is 141 Å². The van der Waals surface area contributed by atoms with E-state index in [2.05, 4.69) is 10.6 Å². The van der Waals surface area contributed by atoms with Gasteiger partial charge in [0.1, 0.15) is 11.8 Å². The molecule has 1 atom stereocenters. The van der Waals surface area contributed by atoms with Crippen LogP contribution in [0.2, 0.25) is 0 Å². The van der Waals surface area contributed by atoms with Gasteiger partial charge in [-0.2, -0.15) is 0 Å². The molecule has 0 radical (unpaired) electrons. The third-order valence-electron chi connectivity index (χ3n) is 3.57. The number of hydrogen-bond acceptors (Lipinski definition) is 4. The summed E-state index contributed by atoms with van der Waals surface area (Å²) in [5.74, 6) is -1.08. The Morgan fingerprint density at radius 3 is 2.33 bits per heavy atom. The normalized spacial score (nSPS) is 12.0. The van der Waals surface area contributed by atoms with Crippen LogP contribution in [-0.2, 0) is 22.4 Å². The van der Waals surface area contributed by atoms with E-state index in [0.717, 1.165) is 17.7 Å². The molecule has 7 heteroatoms. The molecular weight excluding hydrogens is 312 g/mol. The second-order valence-corrected chi connectivity index (χ2v) is 6.04.